The van der Waals surface area contributed by atoms with Crippen molar-refractivity contribution < 1.29 is 216 Å². The Morgan fingerprint density at radius 3 is 0.756 bits per heavy atom. The van der Waals surface area contributed by atoms with Crippen molar-refractivity contribution in [1.82, 2.24) is 5.32 Å². The van der Waals surface area contributed by atoms with Gasteiger partial charge in [-0.3, -0.25) is 4.79 Å². The van der Waals surface area contributed by atoms with E-state index in [2.05, 4.69) is 4.99 Å². The van der Waals surface area contributed by atoms with Crippen LogP contribution >= 0.6 is 0 Å². The standard InChI is InChI=1S/C35H13F47N2O2/c1-8-3-4-10(11(5-8)83-7-85)12(86)84-9(2)6-13(36,37)14(38,39)15(40,41)16(42,43)17(44,45)18(46,47)19(48,49)20(50,51)21(52,53)22(54,55)23(56,57)24(58,59)25(60,61)26(62,63)27(64,65)28(66,67)29(68,69)30(70,71)31(72,73)32(74,75)33(76,77)34(78,79)35(80,81)82/h3-5,9H,6H2,1-2H3,(H,84,86). The van der Waals surface area contributed by atoms with Gasteiger partial charge in [0.1, 0.15) is 0 Å². The van der Waals surface area contributed by atoms with E-state index in [1.807, 2.05) is 0 Å². The minimum Gasteiger partial charge on any atom is -0.349 e. The van der Waals surface area contributed by atoms with Gasteiger partial charge < -0.3 is 5.32 Å². The largest absolute Gasteiger partial charge is 0.460 e. The first-order chi connectivity index (χ1) is 36.7. The van der Waals surface area contributed by atoms with Gasteiger partial charge in [0.2, 0.25) is 6.08 Å². The molecule has 0 fully saturated rings. The van der Waals surface area contributed by atoms with E-state index in [-0.39, 0.29) is 12.5 Å². The number of carbonyl (C=O) groups excluding carboxylic acids is 2. The molecule has 0 aliphatic carbocycles. The fraction of sp³-hybridized carbons (Fsp3) is 0.771. The fourth-order valence-electron chi connectivity index (χ4n) is 5.99. The first kappa shape index (κ1) is 78.8. The Balaban J connectivity index is 4.10. The Kier molecular flexibility index (Phi) is 18.9. The van der Waals surface area contributed by atoms with E-state index in [4.69, 9.17) is 0 Å². The molecule has 0 bridgehead atoms. The summed E-state index contributed by atoms with van der Waals surface area (Å²) in [5, 5.41) is 1.07. The summed E-state index contributed by atoms with van der Waals surface area (Å²) in [7, 11) is 0. The molecule has 0 spiro atoms. The molecule has 0 aromatic heterocycles. The molecule has 51 heteroatoms. The third kappa shape index (κ3) is 9.69. The second kappa shape index (κ2) is 20.7. The van der Waals surface area contributed by atoms with Crippen LogP contribution in [0.2, 0.25) is 0 Å². The van der Waals surface area contributed by atoms with Crippen LogP contribution in [-0.2, 0) is 4.79 Å². The minimum absolute atomic E-state index is 0.0349. The monoisotopic (exact) mass is 1390 g/mol. The van der Waals surface area contributed by atoms with Gasteiger partial charge in [0.15, 0.2) is 0 Å². The van der Waals surface area contributed by atoms with E-state index in [1.54, 1.807) is 0 Å². The minimum atomic E-state index is -10.9. The lowest BCUT2D eigenvalue weighted by atomic mass is 9.81. The Morgan fingerprint density at radius 1 is 0.360 bits per heavy atom. The number of halogens is 47. The van der Waals surface area contributed by atoms with E-state index in [1.165, 1.54) is 0 Å². The SMILES string of the molecule is Cc1ccc(C(=O)NC(C)CC(F)(F)C(F)(F)C(F)(F)C(F)(F)C(F)(F)C(F)(F)C(F)(F)C(F)(F)C(F)(F)C(F)(F)C(F)(F)C(F)(F)C(F)(F)C(F)(F)C(F)(F)C(F)(F)C(F)(F)C(F)(F)C(F)(F)C(F)(F)C(F)(F)C(F)(F)C(F)(F)F)c(N=C=O)c1. The molecule has 1 amide bonds. The Morgan fingerprint density at radius 2 is 0.558 bits per heavy atom. The highest BCUT2D eigenvalue weighted by molar-refractivity contribution is 5.99. The predicted octanol–water partition coefficient (Wildman–Crippen LogP) is 17.0. The summed E-state index contributed by atoms with van der Waals surface area (Å²) in [6, 6.07) is -0.959. The average Bonchev–Trinajstić information content (AvgIpc) is 3.29. The lowest BCUT2D eigenvalue weighted by Crippen LogP contribution is -2.81. The van der Waals surface area contributed by atoms with Crippen molar-refractivity contribution in [2.75, 3.05) is 0 Å². The predicted molar refractivity (Wildman–Crippen MR) is 175 cm³/mol. The molecular weight excluding hydrogens is 1370 g/mol. The second-order valence-corrected chi connectivity index (χ2v) is 17.1. The van der Waals surface area contributed by atoms with E-state index in [9.17, 15) is 216 Å². The van der Waals surface area contributed by atoms with E-state index >= 15 is 0 Å². The highest BCUT2D eigenvalue weighted by atomic mass is 19.4. The van der Waals surface area contributed by atoms with Crippen LogP contribution < -0.4 is 5.32 Å². The second-order valence-electron chi connectivity index (χ2n) is 17.1. The van der Waals surface area contributed by atoms with Crippen molar-refractivity contribution >= 4 is 17.7 Å². The Labute approximate surface area is 437 Å². The van der Waals surface area contributed by atoms with Crippen LogP contribution in [0.3, 0.4) is 0 Å². The van der Waals surface area contributed by atoms with Crippen molar-refractivity contribution in [2.45, 2.75) is 163 Å². The average molecular weight is 1390 g/mol. The van der Waals surface area contributed by atoms with Crippen molar-refractivity contribution in [3.8, 4) is 0 Å². The summed E-state index contributed by atoms with van der Waals surface area (Å²) in [5.74, 6) is -227. The molecule has 0 heterocycles. The number of nitrogens with zero attached hydrogens (tertiary/aromatic N) is 1. The zero-order chi connectivity index (χ0) is 70.3. The van der Waals surface area contributed by atoms with Crippen LogP contribution in [-0.4, -0.2) is 155 Å². The van der Waals surface area contributed by atoms with Crippen LogP contribution in [0, 0.1) is 6.92 Å². The molecular formula is C35H13F47N2O2. The van der Waals surface area contributed by atoms with Gasteiger partial charge in [0, 0.05) is 12.5 Å². The highest BCUT2D eigenvalue weighted by Crippen LogP contribution is 2.72. The van der Waals surface area contributed by atoms with Crippen molar-refractivity contribution in [1.29, 1.82) is 0 Å². The zero-order valence-corrected chi connectivity index (χ0v) is 38.5. The molecule has 0 saturated carbocycles. The number of benzene rings is 1. The number of amides is 1. The molecule has 1 aromatic carbocycles. The molecule has 1 N–H and O–H groups in total. The first-order valence-corrected chi connectivity index (χ1v) is 19.6. The van der Waals surface area contributed by atoms with Gasteiger partial charge in [0.25, 0.3) is 5.91 Å². The number of hydrogen-bond donors (Lipinski definition) is 1. The third-order valence-electron chi connectivity index (χ3n) is 11.2. The number of carbonyl (C=O) groups is 1. The molecule has 1 atom stereocenters. The van der Waals surface area contributed by atoms with Crippen molar-refractivity contribution in [3.05, 3.63) is 29.3 Å². The topological polar surface area (TPSA) is 58.5 Å². The van der Waals surface area contributed by atoms with Crippen molar-refractivity contribution in [3.63, 3.8) is 0 Å². The smallest absolute Gasteiger partial charge is 0.349 e. The van der Waals surface area contributed by atoms with Crippen LogP contribution in [0.15, 0.2) is 23.2 Å². The van der Waals surface area contributed by atoms with Crippen LogP contribution in [0.25, 0.3) is 0 Å². The van der Waals surface area contributed by atoms with E-state index in [0.717, 1.165) is 30.5 Å². The Hall–Kier alpha value is -5.22. The molecule has 504 valence electrons. The maximum absolute atomic E-state index is 14.6. The van der Waals surface area contributed by atoms with E-state index < -0.39 is 166 Å². The normalized spacial score (nSPS) is 16.7. The third-order valence-corrected chi connectivity index (χ3v) is 11.2. The summed E-state index contributed by atoms with van der Waals surface area (Å²) in [6.45, 7) is 1.02. The first-order valence-electron chi connectivity index (χ1n) is 19.6. The highest BCUT2D eigenvalue weighted by Gasteiger charge is 3.04. The number of hydrogen-bond acceptors (Lipinski definition) is 3. The van der Waals surface area contributed by atoms with Gasteiger partial charge in [-0.25, -0.2) is 4.79 Å². The van der Waals surface area contributed by atoms with Gasteiger partial charge in [-0.2, -0.15) is 211 Å². The zero-order valence-electron chi connectivity index (χ0n) is 38.5. The maximum atomic E-state index is 14.6. The summed E-state index contributed by atoms with van der Waals surface area (Å²) >= 11 is 0. The van der Waals surface area contributed by atoms with Crippen LogP contribution in [0.1, 0.15) is 29.3 Å². The molecule has 0 saturated heterocycles. The number of isocyanates is 1. The molecule has 86 heavy (non-hydrogen) atoms. The summed E-state index contributed by atoms with van der Waals surface area (Å²) in [6.07, 6.45) is -11.4. The van der Waals surface area contributed by atoms with Gasteiger partial charge in [0.05, 0.1) is 11.3 Å². The van der Waals surface area contributed by atoms with Gasteiger partial charge in [-0.15, -0.1) is 0 Å². The lowest BCUT2D eigenvalue weighted by molar-refractivity contribution is -0.498. The van der Waals surface area contributed by atoms with Gasteiger partial charge in [-0.05, 0) is 31.5 Å². The molecule has 0 radical (unpaired) electrons. The number of rotatable bonds is 26. The molecule has 4 nitrogen and oxygen atoms in total. The van der Waals surface area contributed by atoms with Crippen molar-refractivity contribution in [2.24, 2.45) is 4.99 Å². The lowest BCUT2D eigenvalue weighted by Gasteiger charge is -2.47. The van der Waals surface area contributed by atoms with Crippen LogP contribution in [0.4, 0.5) is 212 Å². The molecule has 1 aromatic rings. The van der Waals surface area contributed by atoms with E-state index in [0.29, 0.717) is 6.07 Å². The summed E-state index contributed by atoms with van der Waals surface area (Å²) in [4.78, 5) is 25.8. The molecule has 0 aliphatic rings. The maximum Gasteiger partial charge on any atom is 0.460 e. The number of aliphatic imine (C=N–C) groups is 1. The quantitative estimate of drug-likeness (QED) is 0.0571. The van der Waals surface area contributed by atoms with Gasteiger partial charge >= 0.3 is 136 Å². The fourth-order valence-corrected chi connectivity index (χ4v) is 5.99. The summed E-state index contributed by atoms with van der Waals surface area (Å²) in [5.41, 5.74) is -1.88. The molecule has 1 rings (SSSR count). The van der Waals surface area contributed by atoms with Crippen LogP contribution in [0.5, 0.6) is 0 Å². The number of alkyl halides is 47. The van der Waals surface area contributed by atoms with Gasteiger partial charge in [-0.1, -0.05) is 6.07 Å². The molecule has 1 unspecified atom stereocenters. The summed E-state index contributed by atoms with van der Waals surface area (Å²) < 4.78 is 659. The number of aryl methyl sites for hydroxylation is 1. The Bertz CT molecular complexity index is 2710. The number of nitrogens with one attached hydrogen (secondary N) is 1. The molecule has 0 aliphatic heterocycles.